The zero-order valence-electron chi connectivity index (χ0n) is 11.5. The maximum atomic E-state index is 5.55. The minimum atomic E-state index is -0.0806. The molecule has 0 saturated carbocycles. The number of hydrogen-bond donors (Lipinski definition) is 1. The van der Waals surface area contributed by atoms with Crippen LogP contribution in [0, 0.1) is 10.1 Å². The van der Waals surface area contributed by atoms with Crippen LogP contribution in [0.1, 0.15) is 58.2 Å². The number of nitrogens with zero attached hydrogens (tertiary/aromatic N) is 1. The van der Waals surface area contributed by atoms with Crippen molar-refractivity contribution < 1.29 is 4.74 Å². The zero-order chi connectivity index (χ0) is 13.2. The maximum Gasteiger partial charge on any atom is 0.137 e. The van der Waals surface area contributed by atoms with Crippen LogP contribution in [0.25, 0.3) is 0 Å². The van der Waals surface area contributed by atoms with E-state index in [0.29, 0.717) is 10.6 Å². The van der Waals surface area contributed by atoms with Gasteiger partial charge in [0.2, 0.25) is 0 Å². The molecule has 0 aliphatic rings. The molecule has 1 N–H and O–H groups in total. The monoisotopic (exact) mass is 254 g/mol. The summed E-state index contributed by atoms with van der Waals surface area (Å²) < 4.78 is 6.17. The van der Waals surface area contributed by atoms with Crippen LogP contribution in [-0.4, -0.2) is 17.1 Å². The minimum Gasteiger partial charge on any atom is -0.373 e. The molecule has 0 aromatic carbocycles. The van der Waals surface area contributed by atoms with Crippen molar-refractivity contribution in [2.45, 2.75) is 46.6 Å². The van der Waals surface area contributed by atoms with Gasteiger partial charge >= 0.3 is 0 Å². The molecule has 0 spiro atoms. The summed E-state index contributed by atoms with van der Waals surface area (Å²) in [4.78, 5) is 7.73. The van der Waals surface area contributed by atoms with E-state index in [-0.39, 0.29) is 11.5 Å². The third-order valence-corrected chi connectivity index (χ3v) is 2.88. The number of aromatic nitrogens is 2. The van der Waals surface area contributed by atoms with Gasteiger partial charge in [-0.3, -0.25) is 0 Å². The van der Waals surface area contributed by atoms with Gasteiger partial charge in [0, 0.05) is 12.8 Å². The Morgan fingerprint density at radius 1 is 1.35 bits per heavy atom. The van der Waals surface area contributed by atoms with Gasteiger partial charge in [-0.2, -0.15) is 0 Å². The first kappa shape index (κ1) is 14.3. The van der Waals surface area contributed by atoms with Crippen molar-refractivity contribution in [1.82, 2.24) is 9.97 Å². The highest BCUT2D eigenvalue weighted by atomic mass is 32.1. The first-order chi connectivity index (χ1) is 7.75. The van der Waals surface area contributed by atoms with Crippen LogP contribution >= 0.6 is 12.2 Å². The van der Waals surface area contributed by atoms with E-state index < -0.39 is 0 Å². The Kier molecular flexibility index (Phi) is 4.44. The Labute approximate surface area is 109 Å². The van der Waals surface area contributed by atoms with Crippen LogP contribution in [0.2, 0.25) is 0 Å². The first-order valence-corrected chi connectivity index (χ1v) is 6.30. The summed E-state index contributed by atoms with van der Waals surface area (Å²) in [6, 6.07) is 1.92. The summed E-state index contributed by atoms with van der Waals surface area (Å²) >= 11 is 5.21. The molecule has 0 fully saturated rings. The van der Waals surface area contributed by atoms with Crippen LogP contribution in [0.15, 0.2) is 6.07 Å². The van der Waals surface area contributed by atoms with E-state index in [1.54, 1.807) is 7.11 Å². The van der Waals surface area contributed by atoms with Gasteiger partial charge in [0.25, 0.3) is 0 Å². The van der Waals surface area contributed by atoms with Crippen molar-refractivity contribution in [3.05, 3.63) is 22.2 Å². The summed E-state index contributed by atoms with van der Waals surface area (Å²) in [5, 5.41) is 0. The van der Waals surface area contributed by atoms with E-state index in [1.807, 2.05) is 6.07 Å². The number of nitrogens with one attached hydrogen (secondary N) is 1. The van der Waals surface area contributed by atoms with Gasteiger partial charge < -0.3 is 9.72 Å². The molecule has 0 bridgehead atoms. The fourth-order valence-corrected chi connectivity index (χ4v) is 2.03. The number of hydrogen-bond acceptors (Lipinski definition) is 3. The molecule has 0 radical (unpaired) electrons. The van der Waals surface area contributed by atoms with Crippen LogP contribution < -0.4 is 0 Å². The van der Waals surface area contributed by atoms with Gasteiger partial charge in [0.05, 0.1) is 0 Å². The molecule has 0 aliphatic carbocycles. The predicted octanol–water partition coefficient (Wildman–Crippen LogP) is 4.00. The Morgan fingerprint density at radius 3 is 2.35 bits per heavy atom. The summed E-state index contributed by atoms with van der Waals surface area (Å²) in [6.07, 6.45) is -0.0806. The highest BCUT2D eigenvalue weighted by Crippen LogP contribution is 2.33. The van der Waals surface area contributed by atoms with E-state index in [4.69, 9.17) is 17.0 Å². The van der Waals surface area contributed by atoms with Crippen LogP contribution in [-0.2, 0) is 4.74 Å². The van der Waals surface area contributed by atoms with Gasteiger partial charge in [-0.15, -0.1) is 0 Å². The maximum absolute atomic E-state index is 5.55. The lowest BCUT2D eigenvalue weighted by molar-refractivity contribution is 0.00839. The Bertz CT molecular complexity index is 432. The summed E-state index contributed by atoms with van der Waals surface area (Å²) in [5.41, 5.74) is 1.08. The van der Waals surface area contributed by atoms with Gasteiger partial charge in [-0.25, -0.2) is 4.98 Å². The van der Waals surface area contributed by atoms with E-state index in [9.17, 15) is 0 Å². The van der Waals surface area contributed by atoms with Crippen LogP contribution in [0.3, 0.4) is 0 Å². The molecule has 1 atom stereocenters. The topological polar surface area (TPSA) is 37.9 Å². The number of H-pyrrole nitrogens is 1. The largest absolute Gasteiger partial charge is 0.373 e. The lowest BCUT2D eigenvalue weighted by Crippen LogP contribution is -2.23. The molecule has 1 unspecified atom stereocenters. The van der Waals surface area contributed by atoms with Gasteiger partial charge in [-0.1, -0.05) is 46.8 Å². The molecule has 4 heteroatoms. The number of aromatic amines is 1. The van der Waals surface area contributed by atoms with Gasteiger partial charge in [0.1, 0.15) is 16.6 Å². The molecule has 1 heterocycles. The van der Waals surface area contributed by atoms with Crippen LogP contribution in [0.5, 0.6) is 0 Å². The Balaban J connectivity index is 3.25. The molecular formula is C13H22N2OS. The SMILES string of the molecule is COC(c1nc(=S)cc(C(C)C)[nH]1)C(C)(C)C. The first-order valence-electron chi connectivity index (χ1n) is 5.89. The molecule has 17 heavy (non-hydrogen) atoms. The van der Waals surface area contributed by atoms with Gasteiger partial charge in [0.15, 0.2) is 0 Å². The lowest BCUT2D eigenvalue weighted by Gasteiger charge is -2.28. The molecule has 1 aromatic rings. The van der Waals surface area contributed by atoms with E-state index >= 15 is 0 Å². The summed E-state index contributed by atoms with van der Waals surface area (Å²) in [7, 11) is 1.70. The highest BCUT2D eigenvalue weighted by molar-refractivity contribution is 7.71. The van der Waals surface area contributed by atoms with E-state index in [1.165, 1.54) is 0 Å². The van der Waals surface area contributed by atoms with E-state index in [0.717, 1.165) is 11.5 Å². The quantitative estimate of drug-likeness (QED) is 0.829. The van der Waals surface area contributed by atoms with Gasteiger partial charge in [-0.05, 0) is 17.4 Å². The summed E-state index contributed by atoms with van der Waals surface area (Å²) in [5.74, 6) is 1.21. The second kappa shape index (κ2) is 5.27. The number of rotatable bonds is 3. The fraction of sp³-hybridized carbons (Fsp3) is 0.692. The normalized spacial score (nSPS) is 14.1. The van der Waals surface area contributed by atoms with Crippen molar-refractivity contribution in [1.29, 1.82) is 0 Å². The molecular weight excluding hydrogens is 232 g/mol. The average Bonchev–Trinajstić information content (AvgIpc) is 2.15. The zero-order valence-corrected chi connectivity index (χ0v) is 12.3. The summed E-state index contributed by atoms with van der Waals surface area (Å²) in [6.45, 7) is 10.6. The number of ether oxygens (including phenoxy) is 1. The van der Waals surface area contributed by atoms with Crippen molar-refractivity contribution >= 4 is 12.2 Å². The second-order valence-electron chi connectivity index (χ2n) is 5.70. The average molecular weight is 254 g/mol. The third-order valence-electron chi connectivity index (χ3n) is 2.67. The molecule has 1 aromatic heterocycles. The fourth-order valence-electron chi connectivity index (χ4n) is 1.81. The van der Waals surface area contributed by atoms with Crippen molar-refractivity contribution in [3.63, 3.8) is 0 Å². The van der Waals surface area contributed by atoms with Crippen molar-refractivity contribution in [2.24, 2.45) is 5.41 Å². The second-order valence-corrected chi connectivity index (χ2v) is 6.11. The minimum absolute atomic E-state index is 0.0182. The molecule has 0 saturated heterocycles. The van der Waals surface area contributed by atoms with Crippen molar-refractivity contribution in [3.8, 4) is 0 Å². The third kappa shape index (κ3) is 3.61. The molecule has 1 rings (SSSR count). The smallest absolute Gasteiger partial charge is 0.137 e. The molecule has 96 valence electrons. The predicted molar refractivity (Wildman–Crippen MR) is 72.7 cm³/mol. The molecule has 3 nitrogen and oxygen atoms in total. The van der Waals surface area contributed by atoms with Crippen LogP contribution in [0.4, 0.5) is 0 Å². The highest BCUT2D eigenvalue weighted by Gasteiger charge is 2.28. The molecule has 0 amide bonds. The Morgan fingerprint density at radius 2 is 1.94 bits per heavy atom. The number of methoxy groups -OCH3 is 1. The standard InChI is InChI=1S/C13H22N2OS/c1-8(2)9-7-10(17)15-12(14-9)11(16-6)13(3,4)5/h7-8,11H,1-6H3,(H,14,15,17). The molecule has 0 aliphatic heterocycles. The Hall–Kier alpha value is -0.740. The lowest BCUT2D eigenvalue weighted by atomic mass is 9.88. The van der Waals surface area contributed by atoms with E-state index in [2.05, 4.69) is 44.6 Å². The van der Waals surface area contributed by atoms with Crippen molar-refractivity contribution in [2.75, 3.05) is 7.11 Å².